The number of hydrogen-bond acceptors (Lipinski definition) is 7. The van der Waals surface area contributed by atoms with Crippen LogP contribution < -0.4 is 9.64 Å². The molecule has 0 bridgehead atoms. The number of ether oxygens (including phenoxy) is 2. The molecule has 5 rings (SSSR count). The second kappa shape index (κ2) is 10.1. The van der Waals surface area contributed by atoms with Crippen LogP contribution in [0, 0.1) is 0 Å². The smallest absolute Gasteiger partial charge is 0.312 e. The molecule has 2 fully saturated rings. The maximum absolute atomic E-state index is 11.9. The minimum atomic E-state index is -1.12. The average Bonchev–Trinajstić information content (AvgIpc) is 3.25. The highest BCUT2D eigenvalue weighted by Crippen LogP contribution is 2.31. The van der Waals surface area contributed by atoms with Gasteiger partial charge in [-0.15, -0.1) is 0 Å². The van der Waals surface area contributed by atoms with Crippen molar-refractivity contribution in [2.24, 2.45) is 0 Å². The van der Waals surface area contributed by atoms with Crippen molar-refractivity contribution in [3.63, 3.8) is 0 Å². The van der Waals surface area contributed by atoms with Crippen LogP contribution in [0.15, 0.2) is 30.3 Å². The number of piperidine rings is 1. The Morgan fingerprint density at radius 3 is 2.51 bits per heavy atom. The van der Waals surface area contributed by atoms with Gasteiger partial charge < -0.3 is 29.4 Å². The fourth-order valence-electron chi connectivity index (χ4n) is 4.43. The first kappa shape index (κ1) is 23.4. The van der Waals surface area contributed by atoms with Crippen molar-refractivity contribution in [3.05, 3.63) is 35.4 Å². The number of pyridine rings is 1. The number of H-pyrrole nitrogens is 1. The highest BCUT2D eigenvalue weighted by Gasteiger charge is 2.26. The van der Waals surface area contributed by atoms with Gasteiger partial charge in [-0.2, -0.15) is 4.98 Å². The van der Waals surface area contributed by atoms with Crippen LogP contribution in [0.4, 0.5) is 5.69 Å². The van der Waals surface area contributed by atoms with Gasteiger partial charge in [-0.3, -0.25) is 9.59 Å². The summed E-state index contributed by atoms with van der Waals surface area (Å²) in [6, 6.07) is 10.3. The number of imidazole rings is 1. The first-order valence-electron chi connectivity index (χ1n) is 11.6. The molecular weight excluding hydrogens is 474 g/mol. The molecule has 0 spiro atoms. The number of carboxylic acid groups (broad SMARTS) is 1. The van der Waals surface area contributed by atoms with Gasteiger partial charge in [0.1, 0.15) is 12.5 Å². The Hall–Kier alpha value is -3.37. The van der Waals surface area contributed by atoms with Crippen LogP contribution in [0.2, 0.25) is 5.02 Å². The number of nitrogens with one attached hydrogen (secondary N) is 1. The Balaban J connectivity index is 1.26. The number of amides is 1. The van der Waals surface area contributed by atoms with Crippen molar-refractivity contribution in [3.8, 4) is 17.3 Å². The van der Waals surface area contributed by atoms with Gasteiger partial charge in [0.25, 0.3) is 6.01 Å². The summed E-state index contributed by atoms with van der Waals surface area (Å²) in [5.41, 5.74) is 3.87. The van der Waals surface area contributed by atoms with E-state index in [-0.39, 0.29) is 12.0 Å². The Morgan fingerprint density at radius 2 is 1.83 bits per heavy atom. The van der Waals surface area contributed by atoms with Gasteiger partial charge in [0.2, 0.25) is 5.91 Å². The van der Waals surface area contributed by atoms with Crippen molar-refractivity contribution in [1.29, 1.82) is 0 Å². The fourth-order valence-corrected chi connectivity index (χ4v) is 4.69. The molecule has 10 nitrogen and oxygen atoms in total. The lowest BCUT2D eigenvalue weighted by molar-refractivity contribution is -0.145. The molecular formula is C24H26ClN5O5. The van der Waals surface area contributed by atoms with E-state index in [2.05, 4.69) is 32.0 Å². The van der Waals surface area contributed by atoms with Crippen molar-refractivity contribution in [2.75, 3.05) is 44.3 Å². The number of anilines is 1. The van der Waals surface area contributed by atoms with Crippen LogP contribution >= 0.6 is 11.6 Å². The van der Waals surface area contributed by atoms with Gasteiger partial charge in [-0.05, 0) is 18.2 Å². The monoisotopic (exact) mass is 499 g/mol. The lowest BCUT2D eigenvalue weighted by Gasteiger charge is -2.31. The largest absolute Gasteiger partial charge is 0.481 e. The van der Waals surface area contributed by atoms with Crippen LogP contribution in [0.3, 0.4) is 0 Å². The number of carbonyl (C=O) groups excluding carboxylic acids is 1. The predicted molar refractivity (Wildman–Crippen MR) is 130 cm³/mol. The summed E-state index contributed by atoms with van der Waals surface area (Å²) >= 11 is 6.55. The molecule has 3 aromatic rings. The predicted octanol–water partition coefficient (Wildman–Crippen LogP) is 2.96. The summed E-state index contributed by atoms with van der Waals surface area (Å²) < 4.78 is 11.4. The molecule has 0 atom stereocenters. The number of hydrogen-bond donors (Lipinski definition) is 2. The van der Waals surface area contributed by atoms with E-state index in [9.17, 15) is 9.59 Å². The van der Waals surface area contributed by atoms with Gasteiger partial charge in [0.15, 0.2) is 5.65 Å². The number of aliphatic carboxylic acids is 1. The first-order valence-corrected chi connectivity index (χ1v) is 12.0. The number of aromatic amines is 1. The second-order valence-corrected chi connectivity index (χ2v) is 9.05. The molecule has 184 valence electrons. The van der Waals surface area contributed by atoms with Crippen molar-refractivity contribution in [1.82, 2.24) is 19.9 Å². The fraction of sp³-hybridized carbons (Fsp3) is 0.417. The third-order valence-corrected chi connectivity index (χ3v) is 6.59. The van der Waals surface area contributed by atoms with E-state index in [1.54, 1.807) is 11.0 Å². The van der Waals surface area contributed by atoms with Crippen molar-refractivity contribution < 1.29 is 24.2 Å². The Bertz CT molecular complexity index is 1220. The zero-order valence-corrected chi connectivity index (χ0v) is 19.8. The van der Waals surface area contributed by atoms with Crippen LogP contribution in [-0.4, -0.2) is 82.3 Å². The highest BCUT2D eigenvalue weighted by atomic mass is 35.5. The number of fused-ring (bicyclic) bond motifs is 1. The molecule has 2 saturated heterocycles. The van der Waals surface area contributed by atoms with E-state index < -0.39 is 12.4 Å². The van der Waals surface area contributed by atoms with Gasteiger partial charge in [-0.1, -0.05) is 23.7 Å². The molecule has 0 unspecified atom stereocenters. The zero-order chi connectivity index (χ0) is 24.4. The van der Waals surface area contributed by atoms with Gasteiger partial charge in [0, 0.05) is 50.3 Å². The lowest BCUT2D eigenvalue weighted by atomic mass is 10.1. The SMILES string of the molecule is O=C(O)CC(=O)N1CCC(Oc2nc3nc(-c4ccc(N5CCOCC5)cc4)c(Cl)cc3[nH]2)CC1. The molecule has 1 aromatic carbocycles. The zero-order valence-electron chi connectivity index (χ0n) is 19.1. The number of benzene rings is 1. The average molecular weight is 500 g/mol. The summed E-state index contributed by atoms with van der Waals surface area (Å²) in [7, 11) is 0. The number of carboxylic acids is 1. The van der Waals surface area contributed by atoms with Gasteiger partial charge in [-0.25, -0.2) is 4.98 Å². The summed E-state index contributed by atoms with van der Waals surface area (Å²) in [5.74, 6) is -1.49. The molecule has 1 amide bonds. The van der Waals surface area contributed by atoms with Crippen LogP contribution in [0.25, 0.3) is 22.4 Å². The number of likely N-dealkylation sites (tertiary alicyclic amines) is 1. The number of rotatable bonds is 6. The molecule has 2 aliphatic heterocycles. The maximum Gasteiger partial charge on any atom is 0.312 e. The Morgan fingerprint density at radius 1 is 1.11 bits per heavy atom. The van der Waals surface area contributed by atoms with E-state index in [4.69, 9.17) is 26.2 Å². The summed E-state index contributed by atoms with van der Waals surface area (Å²) in [5, 5.41) is 9.31. The van der Waals surface area contributed by atoms with E-state index in [0.717, 1.165) is 37.6 Å². The van der Waals surface area contributed by atoms with Crippen LogP contribution in [-0.2, 0) is 14.3 Å². The van der Waals surface area contributed by atoms with E-state index in [1.165, 1.54) is 0 Å². The third-order valence-electron chi connectivity index (χ3n) is 6.30. The van der Waals surface area contributed by atoms with Gasteiger partial charge >= 0.3 is 5.97 Å². The topological polar surface area (TPSA) is 121 Å². The molecule has 0 aliphatic carbocycles. The molecule has 2 N–H and O–H groups in total. The van der Waals surface area contributed by atoms with E-state index in [0.29, 0.717) is 53.8 Å². The number of carbonyl (C=O) groups is 2. The van der Waals surface area contributed by atoms with Crippen molar-refractivity contribution >= 4 is 40.3 Å². The lowest BCUT2D eigenvalue weighted by Crippen LogP contribution is -2.42. The minimum absolute atomic E-state index is 0.132. The maximum atomic E-state index is 11.9. The molecule has 11 heteroatoms. The summed E-state index contributed by atoms with van der Waals surface area (Å²) in [6.07, 6.45) is 0.571. The molecule has 0 saturated carbocycles. The second-order valence-electron chi connectivity index (χ2n) is 8.65. The number of nitrogens with zero attached hydrogens (tertiary/aromatic N) is 4. The molecule has 35 heavy (non-hydrogen) atoms. The van der Waals surface area contributed by atoms with E-state index >= 15 is 0 Å². The standard InChI is InChI=1S/C24H26ClN5O5/c25-18-13-19-23(27-22(18)15-1-3-16(4-2-15)29-9-11-34-12-10-29)28-24(26-19)35-17-5-7-30(8-6-17)20(31)14-21(32)33/h1-4,13,17H,5-12,14H2,(H,32,33)(H,26,27,28). The van der Waals surface area contributed by atoms with Gasteiger partial charge in [0.05, 0.1) is 29.4 Å². The molecule has 2 aliphatic rings. The first-order chi connectivity index (χ1) is 17.0. The third kappa shape index (κ3) is 5.33. The number of aromatic nitrogens is 3. The number of morpholine rings is 1. The Kier molecular flexibility index (Phi) is 6.74. The van der Waals surface area contributed by atoms with E-state index in [1.807, 2.05) is 12.1 Å². The van der Waals surface area contributed by atoms with Crippen LogP contribution in [0.5, 0.6) is 6.01 Å². The normalized spacial score (nSPS) is 17.1. The van der Waals surface area contributed by atoms with Crippen LogP contribution in [0.1, 0.15) is 19.3 Å². The highest BCUT2D eigenvalue weighted by molar-refractivity contribution is 6.33. The molecule has 0 radical (unpaired) electrons. The summed E-state index contributed by atoms with van der Waals surface area (Å²) in [6.45, 7) is 4.11. The summed E-state index contributed by atoms with van der Waals surface area (Å²) in [4.78, 5) is 38.8. The Labute approximate surface area is 206 Å². The van der Waals surface area contributed by atoms with Crippen molar-refractivity contribution in [2.45, 2.75) is 25.4 Å². The molecule has 4 heterocycles. The quantitative estimate of drug-likeness (QED) is 0.496. The molecule has 2 aromatic heterocycles. The minimum Gasteiger partial charge on any atom is -0.481 e. The number of halogens is 1.